The number of nitrogens with one attached hydrogen (secondary N) is 1. The first kappa shape index (κ1) is 26.4. The molecule has 0 heterocycles. The molecule has 2 amide bonds. The molecule has 0 bridgehead atoms. The van der Waals surface area contributed by atoms with Crippen molar-refractivity contribution in [3.05, 3.63) is 75.8 Å². The number of amides is 2. The molecule has 8 heteroatoms. The lowest BCUT2D eigenvalue weighted by Gasteiger charge is -2.33. The average molecular weight is 472 g/mol. The molecule has 1 unspecified atom stereocenters. The normalized spacial score (nSPS) is 12.1. The average Bonchev–Trinajstić information content (AvgIpc) is 2.76. The summed E-state index contributed by atoms with van der Waals surface area (Å²) in [6.07, 6.45) is 1.19. The summed E-state index contributed by atoms with van der Waals surface area (Å²) in [6, 6.07) is 15.7. The SMILES string of the molecule is CCC(C(=O)NC(C)(C)C)N(CCc1ccccc1)C(=O)CSCc1ccc([N+](=O)[O-])cc1. The predicted octanol–water partition coefficient (Wildman–Crippen LogP) is 4.59. The Bertz CT molecular complexity index is 927. The van der Waals surface area contributed by atoms with Crippen LogP contribution in [-0.4, -0.2) is 45.5 Å². The number of benzene rings is 2. The van der Waals surface area contributed by atoms with Gasteiger partial charge in [-0.05, 0) is 44.7 Å². The van der Waals surface area contributed by atoms with Crippen LogP contribution < -0.4 is 5.32 Å². The molecule has 0 aromatic heterocycles. The number of nitro groups is 1. The van der Waals surface area contributed by atoms with E-state index in [-0.39, 0.29) is 28.8 Å². The zero-order valence-corrected chi connectivity index (χ0v) is 20.6. The molecule has 2 aromatic carbocycles. The number of nitrogens with zero attached hydrogens (tertiary/aromatic N) is 2. The summed E-state index contributed by atoms with van der Waals surface area (Å²) >= 11 is 1.44. The van der Waals surface area contributed by atoms with Crippen LogP contribution in [0.5, 0.6) is 0 Å². The quantitative estimate of drug-likeness (QED) is 0.382. The first-order valence-corrected chi connectivity index (χ1v) is 12.2. The van der Waals surface area contributed by atoms with Crippen LogP contribution in [0.2, 0.25) is 0 Å². The van der Waals surface area contributed by atoms with Crippen LogP contribution in [-0.2, 0) is 21.8 Å². The van der Waals surface area contributed by atoms with Crippen LogP contribution >= 0.6 is 11.8 Å². The molecule has 0 aliphatic carbocycles. The number of carbonyl (C=O) groups excluding carboxylic acids is 2. The van der Waals surface area contributed by atoms with Crippen molar-refractivity contribution in [2.75, 3.05) is 12.3 Å². The fourth-order valence-corrected chi connectivity index (χ4v) is 4.27. The van der Waals surface area contributed by atoms with Crippen molar-refractivity contribution in [3.8, 4) is 0 Å². The van der Waals surface area contributed by atoms with Gasteiger partial charge < -0.3 is 10.2 Å². The topological polar surface area (TPSA) is 92.6 Å². The summed E-state index contributed by atoms with van der Waals surface area (Å²) in [5, 5.41) is 13.8. The Morgan fingerprint density at radius 2 is 1.70 bits per heavy atom. The van der Waals surface area contributed by atoms with Crippen LogP contribution in [0.15, 0.2) is 54.6 Å². The van der Waals surface area contributed by atoms with Gasteiger partial charge in [-0.3, -0.25) is 19.7 Å². The second kappa shape index (κ2) is 12.4. The molecule has 178 valence electrons. The molecule has 0 saturated heterocycles. The van der Waals surface area contributed by atoms with Gasteiger partial charge in [-0.2, -0.15) is 0 Å². The van der Waals surface area contributed by atoms with Crippen molar-refractivity contribution < 1.29 is 14.5 Å². The lowest BCUT2D eigenvalue weighted by atomic mass is 10.1. The molecule has 0 aliphatic heterocycles. The minimum absolute atomic E-state index is 0.0440. The van der Waals surface area contributed by atoms with Crippen molar-refractivity contribution >= 4 is 29.3 Å². The van der Waals surface area contributed by atoms with Crippen molar-refractivity contribution in [2.24, 2.45) is 0 Å². The van der Waals surface area contributed by atoms with Gasteiger partial charge in [0.2, 0.25) is 11.8 Å². The summed E-state index contributed by atoms with van der Waals surface area (Å²) in [5.41, 5.74) is 1.68. The van der Waals surface area contributed by atoms with Crippen LogP contribution in [0.25, 0.3) is 0 Å². The highest BCUT2D eigenvalue weighted by Gasteiger charge is 2.30. The molecule has 2 rings (SSSR count). The number of non-ortho nitro benzene ring substituents is 1. The number of hydrogen-bond acceptors (Lipinski definition) is 5. The van der Waals surface area contributed by atoms with Crippen LogP contribution in [0, 0.1) is 10.1 Å². The van der Waals surface area contributed by atoms with Crippen LogP contribution in [0.4, 0.5) is 5.69 Å². The Labute approximate surface area is 200 Å². The third-order valence-corrected chi connectivity index (χ3v) is 6.00. The van der Waals surface area contributed by atoms with Crippen molar-refractivity contribution in [3.63, 3.8) is 0 Å². The third kappa shape index (κ3) is 8.88. The maximum Gasteiger partial charge on any atom is 0.269 e. The van der Waals surface area contributed by atoms with Gasteiger partial charge in [-0.15, -0.1) is 11.8 Å². The van der Waals surface area contributed by atoms with Crippen LogP contribution in [0.3, 0.4) is 0 Å². The molecule has 0 spiro atoms. The maximum atomic E-state index is 13.2. The number of nitro benzene ring substituents is 1. The zero-order chi connectivity index (χ0) is 24.4. The predicted molar refractivity (Wildman–Crippen MR) is 133 cm³/mol. The highest BCUT2D eigenvalue weighted by atomic mass is 32.2. The molecular weight excluding hydrogens is 438 g/mol. The van der Waals surface area contributed by atoms with Crippen molar-refractivity contribution in [1.82, 2.24) is 10.2 Å². The third-order valence-electron chi connectivity index (χ3n) is 5.01. The van der Waals surface area contributed by atoms with E-state index in [1.165, 1.54) is 23.9 Å². The first-order chi connectivity index (χ1) is 15.6. The Balaban J connectivity index is 2.07. The van der Waals surface area contributed by atoms with E-state index < -0.39 is 11.0 Å². The van der Waals surface area contributed by atoms with E-state index in [2.05, 4.69) is 5.32 Å². The van der Waals surface area contributed by atoms with Gasteiger partial charge in [0.25, 0.3) is 5.69 Å². The lowest BCUT2D eigenvalue weighted by molar-refractivity contribution is -0.384. The van der Waals surface area contributed by atoms with Gasteiger partial charge in [-0.25, -0.2) is 0 Å². The number of thioether (sulfide) groups is 1. The number of hydrogen-bond donors (Lipinski definition) is 1. The Morgan fingerprint density at radius 1 is 1.06 bits per heavy atom. The summed E-state index contributed by atoms with van der Waals surface area (Å²) in [4.78, 5) is 38.2. The maximum absolute atomic E-state index is 13.2. The smallest absolute Gasteiger partial charge is 0.269 e. The molecule has 7 nitrogen and oxygen atoms in total. The second-order valence-electron chi connectivity index (χ2n) is 8.90. The van der Waals surface area contributed by atoms with E-state index in [1.807, 2.05) is 58.0 Å². The molecule has 1 atom stereocenters. The van der Waals surface area contributed by atoms with Gasteiger partial charge in [0.15, 0.2) is 0 Å². The number of rotatable bonds is 11. The van der Waals surface area contributed by atoms with Gasteiger partial charge in [-0.1, -0.05) is 49.4 Å². The summed E-state index contributed by atoms with van der Waals surface area (Å²) in [6.45, 7) is 8.14. The van der Waals surface area contributed by atoms with Gasteiger partial charge in [0, 0.05) is 30.0 Å². The summed E-state index contributed by atoms with van der Waals surface area (Å²) in [5.74, 6) is 0.548. The van der Waals surface area contributed by atoms with Crippen molar-refractivity contribution in [2.45, 2.75) is 57.9 Å². The fraction of sp³-hybridized carbons (Fsp3) is 0.440. The molecule has 0 fully saturated rings. The lowest BCUT2D eigenvalue weighted by Crippen LogP contribution is -2.54. The molecule has 33 heavy (non-hydrogen) atoms. The summed E-state index contributed by atoms with van der Waals surface area (Å²) < 4.78 is 0. The molecule has 0 radical (unpaired) electrons. The van der Waals surface area contributed by atoms with Gasteiger partial charge >= 0.3 is 0 Å². The van der Waals surface area contributed by atoms with Crippen LogP contribution in [0.1, 0.15) is 45.2 Å². The molecule has 2 aromatic rings. The standard InChI is InChI=1S/C25H33N3O4S/c1-5-22(24(30)26-25(2,3)4)27(16-15-19-9-7-6-8-10-19)23(29)18-33-17-20-11-13-21(14-12-20)28(31)32/h6-14,22H,5,15-18H2,1-4H3,(H,26,30). The van der Waals surface area contributed by atoms with Crippen molar-refractivity contribution in [1.29, 1.82) is 0 Å². The minimum atomic E-state index is -0.541. The van der Waals surface area contributed by atoms with E-state index in [0.717, 1.165) is 11.1 Å². The van der Waals surface area contributed by atoms with E-state index in [4.69, 9.17) is 0 Å². The molecule has 0 saturated carbocycles. The minimum Gasteiger partial charge on any atom is -0.350 e. The van der Waals surface area contributed by atoms with Gasteiger partial charge in [0.05, 0.1) is 10.7 Å². The van der Waals surface area contributed by atoms with Gasteiger partial charge in [0.1, 0.15) is 6.04 Å². The Morgan fingerprint density at radius 3 is 2.24 bits per heavy atom. The zero-order valence-electron chi connectivity index (χ0n) is 19.7. The highest BCUT2D eigenvalue weighted by Crippen LogP contribution is 2.19. The second-order valence-corrected chi connectivity index (χ2v) is 9.89. The molecular formula is C25H33N3O4S. The Kier molecular flexibility index (Phi) is 9.91. The fourth-order valence-electron chi connectivity index (χ4n) is 3.40. The largest absolute Gasteiger partial charge is 0.350 e. The Hall–Kier alpha value is -2.87. The highest BCUT2D eigenvalue weighted by molar-refractivity contribution is 7.99. The first-order valence-electron chi connectivity index (χ1n) is 11.1. The van der Waals surface area contributed by atoms with E-state index in [0.29, 0.717) is 25.1 Å². The monoisotopic (exact) mass is 471 g/mol. The van der Waals surface area contributed by atoms with E-state index in [9.17, 15) is 19.7 Å². The van der Waals surface area contributed by atoms with E-state index >= 15 is 0 Å². The summed E-state index contributed by atoms with van der Waals surface area (Å²) in [7, 11) is 0. The molecule has 1 N–H and O–H groups in total. The number of carbonyl (C=O) groups is 2. The van der Waals surface area contributed by atoms with E-state index in [1.54, 1.807) is 17.0 Å². The molecule has 0 aliphatic rings.